The first kappa shape index (κ1) is 15.9. The van der Waals surface area contributed by atoms with Crippen molar-refractivity contribution >= 4 is 5.91 Å². The second kappa shape index (κ2) is 7.52. The van der Waals surface area contributed by atoms with Gasteiger partial charge in [0.05, 0.1) is 6.10 Å². The number of carbonyl (C=O) groups excluding carboxylic acids is 1. The molecule has 0 aromatic heterocycles. The van der Waals surface area contributed by atoms with Crippen molar-refractivity contribution in [3.63, 3.8) is 0 Å². The monoisotopic (exact) mass is 295 g/mol. The summed E-state index contributed by atoms with van der Waals surface area (Å²) in [6.45, 7) is 3.79. The van der Waals surface area contributed by atoms with E-state index in [1.165, 1.54) is 12.1 Å². The molecule has 1 N–H and O–H groups in total. The number of aliphatic hydroxyl groups is 1. The first-order chi connectivity index (χ1) is 10.1. The van der Waals surface area contributed by atoms with E-state index in [4.69, 9.17) is 4.74 Å². The molecule has 4 nitrogen and oxygen atoms in total. The zero-order valence-corrected chi connectivity index (χ0v) is 12.3. The Morgan fingerprint density at radius 1 is 1.38 bits per heavy atom. The largest absolute Gasteiger partial charge is 0.388 e. The predicted molar refractivity (Wildman–Crippen MR) is 77.2 cm³/mol. The quantitative estimate of drug-likeness (QED) is 0.905. The van der Waals surface area contributed by atoms with Crippen molar-refractivity contribution < 1.29 is 19.0 Å². The molecule has 1 aliphatic rings. The van der Waals surface area contributed by atoms with Crippen LogP contribution in [0, 0.1) is 11.7 Å². The molecular formula is C16H22FNO3. The average molecular weight is 295 g/mol. The Bertz CT molecular complexity index is 455. The van der Waals surface area contributed by atoms with Crippen LogP contribution < -0.4 is 0 Å². The van der Waals surface area contributed by atoms with Crippen LogP contribution in [0.2, 0.25) is 0 Å². The van der Waals surface area contributed by atoms with Crippen molar-refractivity contribution in [3.8, 4) is 0 Å². The van der Waals surface area contributed by atoms with Gasteiger partial charge >= 0.3 is 0 Å². The maximum Gasteiger partial charge on any atom is 0.248 e. The second-order valence-corrected chi connectivity index (χ2v) is 5.35. The van der Waals surface area contributed by atoms with E-state index in [0.29, 0.717) is 19.7 Å². The Kier molecular flexibility index (Phi) is 5.70. The zero-order chi connectivity index (χ0) is 15.2. The smallest absolute Gasteiger partial charge is 0.248 e. The minimum atomic E-state index is -0.602. The second-order valence-electron chi connectivity index (χ2n) is 5.35. The molecule has 1 amide bonds. The summed E-state index contributed by atoms with van der Waals surface area (Å²) in [6.07, 6.45) is 0.891. The van der Waals surface area contributed by atoms with Crippen molar-refractivity contribution in [2.75, 3.05) is 26.3 Å². The van der Waals surface area contributed by atoms with Gasteiger partial charge < -0.3 is 14.7 Å². The number of aliphatic hydroxyl groups excluding tert-OH is 1. The van der Waals surface area contributed by atoms with E-state index < -0.39 is 6.10 Å². The normalized spacial score (nSPS) is 17.8. The van der Waals surface area contributed by atoms with Crippen LogP contribution in [0.4, 0.5) is 4.39 Å². The molecule has 2 rings (SSSR count). The summed E-state index contributed by atoms with van der Waals surface area (Å²) in [5.74, 6) is -0.194. The van der Waals surface area contributed by atoms with Crippen LogP contribution in [0.1, 0.15) is 31.4 Å². The van der Waals surface area contributed by atoms with Crippen molar-refractivity contribution in [2.24, 2.45) is 5.92 Å². The predicted octanol–water partition coefficient (Wildman–Crippen LogP) is 2.13. The number of benzene rings is 1. The van der Waals surface area contributed by atoms with E-state index in [-0.39, 0.29) is 24.2 Å². The van der Waals surface area contributed by atoms with Crippen LogP contribution in [-0.4, -0.2) is 42.2 Å². The molecule has 1 saturated heterocycles. The zero-order valence-electron chi connectivity index (χ0n) is 12.3. The number of piperidine rings is 1. The van der Waals surface area contributed by atoms with Crippen LogP contribution in [0.3, 0.4) is 0 Å². The van der Waals surface area contributed by atoms with Crippen molar-refractivity contribution in [1.82, 2.24) is 4.90 Å². The van der Waals surface area contributed by atoms with Gasteiger partial charge in [-0.3, -0.25) is 4.79 Å². The topological polar surface area (TPSA) is 49.8 Å². The Hall–Kier alpha value is -1.46. The first-order valence-electron chi connectivity index (χ1n) is 7.41. The molecule has 1 aromatic carbocycles. The Morgan fingerprint density at radius 2 is 2.00 bits per heavy atom. The molecule has 116 valence electrons. The molecule has 0 radical (unpaired) electrons. The van der Waals surface area contributed by atoms with E-state index in [0.717, 1.165) is 18.4 Å². The molecule has 0 aliphatic carbocycles. The summed E-state index contributed by atoms with van der Waals surface area (Å²) in [6, 6.07) is 5.96. The lowest BCUT2D eigenvalue weighted by Gasteiger charge is -2.34. The standard InChI is InChI=1S/C16H22FNO3/c1-2-21-11-15(19)18-9-7-13(8-10-18)16(20)12-3-5-14(17)6-4-12/h3-6,13,16,20H,2,7-11H2,1H3. The highest BCUT2D eigenvalue weighted by Gasteiger charge is 2.28. The lowest BCUT2D eigenvalue weighted by atomic mass is 9.87. The van der Waals surface area contributed by atoms with E-state index in [1.807, 2.05) is 6.92 Å². The van der Waals surface area contributed by atoms with E-state index in [9.17, 15) is 14.3 Å². The van der Waals surface area contributed by atoms with Gasteiger partial charge in [0.25, 0.3) is 0 Å². The van der Waals surface area contributed by atoms with Gasteiger partial charge in [-0.2, -0.15) is 0 Å². The van der Waals surface area contributed by atoms with Crippen molar-refractivity contribution in [3.05, 3.63) is 35.6 Å². The van der Waals surface area contributed by atoms with E-state index in [2.05, 4.69) is 0 Å². The molecule has 5 heteroatoms. The van der Waals surface area contributed by atoms with Crippen LogP contribution in [-0.2, 0) is 9.53 Å². The molecule has 0 saturated carbocycles. The van der Waals surface area contributed by atoms with Gasteiger partial charge in [-0.15, -0.1) is 0 Å². The molecule has 0 bridgehead atoms. The SMILES string of the molecule is CCOCC(=O)N1CCC(C(O)c2ccc(F)cc2)CC1. The third-order valence-corrected chi connectivity index (χ3v) is 3.98. The highest BCUT2D eigenvalue weighted by Crippen LogP contribution is 2.30. The first-order valence-corrected chi connectivity index (χ1v) is 7.41. The van der Waals surface area contributed by atoms with Gasteiger partial charge in [0.15, 0.2) is 0 Å². The van der Waals surface area contributed by atoms with Crippen LogP contribution in [0.15, 0.2) is 24.3 Å². The number of nitrogens with zero attached hydrogens (tertiary/aromatic N) is 1. The van der Waals surface area contributed by atoms with Crippen LogP contribution in [0.5, 0.6) is 0 Å². The van der Waals surface area contributed by atoms with Gasteiger partial charge in [-0.05, 0) is 43.4 Å². The van der Waals surface area contributed by atoms with Gasteiger partial charge in [0.1, 0.15) is 12.4 Å². The minimum absolute atomic E-state index is 0.00609. The molecular weight excluding hydrogens is 273 g/mol. The molecule has 1 aliphatic heterocycles. The molecule has 0 spiro atoms. The van der Waals surface area contributed by atoms with Crippen molar-refractivity contribution in [1.29, 1.82) is 0 Å². The fourth-order valence-corrected chi connectivity index (χ4v) is 2.68. The number of amides is 1. The van der Waals surface area contributed by atoms with Gasteiger partial charge in [0, 0.05) is 19.7 Å². The molecule has 21 heavy (non-hydrogen) atoms. The van der Waals surface area contributed by atoms with E-state index >= 15 is 0 Å². The summed E-state index contributed by atoms with van der Waals surface area (Å²) in [5.41, 5.74) is 0.732. The Morgan fingerprint density at radius 3 is 2.57 bits per heavy atom. The summed E-state index contributed by atoms with van der Waals surface area (Å²) < 4.78 is 18.0. The highest BCUT2D eigenvalue weighted by atomic mass is 19.1. The molecule has 1 heterocycles. The summed E-state index contributed by atoms with van der Waals surface area (Å²) in [7, 11) is 0. The average Bonchev–Trinajstić information content (AvgIpc) is 2.53. The minimum Gasteiger partial charge on any atom is -0.388 e. The lowest BCUT2D eigenvalue weighted by Crippen LogP contribution is -2.41. The number of halogens is 1. The molecule has 1 fully saturated rings. The number of hydrogen-bond acceptors (Lipinski definition) is 3. The van der Waals surface area contributed by atoms with Gasteiger partial charge in [-0.25, -0.2) is 4.39 Å². The number of ether oxygens (including phenoxy) is 1. The van der Waals surface area contributed by atoms with Crippen LogP contribution >= 0.6 is 0 Å². The molecule has 1 aromatic rings. The summed E-state index contributed by atoms with van der Waals surface area (Å²) >= 11 is 0. The van der Waals surface area contributed by atoms with E-state index in [1.54, 1.807) is 17.0 Å². The third-order valence-electron chi connectivity index (χ3n) is 3.98. The molecule has 1 unspecified atom stereocenters. The number of likely N-dealkylation sites (tertiary alicyclic amines) is 1. The maximum absolute atomic E-state index is 12.9. The summed E-state index contributed by atoms with van der Waals surface area (Å²) in [4.78, 5) is 13.6. The fraction of sp³-hybridized carbons (Fsp3) is 0.562. The third kappa shape index (κ3) is 4.25. The summed E-state index contributed by atoms with van der Waals surface area (Å²) in [5, 5.41) is 10.4. The van der Waals surface area contributed by atoms with Gasteiger partial charge in [-0.1, -0.05) is 12.1 Å². The number of hydrogen-bond donors (Lipinski definition) is 1. The van der Waals surface area contributed by atoms with Crippen molar-refractivity contribution in [2.45, 2.75) is 25.9 Å². The lowest BCUT2D eigenvalue weighted by molar-refractivity contribution is -0.138. The maximum atomic E-state index is 12.9. The molecule has 1 atom stereocenters. The Labute approximate surface area is 124 Å². The highest BCUT2D eigenvalue weighted by molar-refractivity contribution is 5.77. The fourth-order valence-electron chi connectivity index (χ4n) is 2.68. The number of carbonyl (C=O) groups is 1. The van der Waals surface area contributed by atoms with Crippen LogP contribution in [0.25, 0.3) is 0 Å². The number of rotatable bonds is 5. The Balaban J connectivity index is 1.85. The van der Waals surface area contributed by atoms with Gasteiger partial charge in [0.2, 0.25) is 5.91 Å².